The standard InChI is InChI=1S/C28H26N4O4S/c1-18-8-5-11-20(16-18)29-23(33)17-37-28-31-30-24(36-28)14-3-2-4-15-32-26(34)21-12-6-9-19-10-7-13-22(25(19)21)27(32)35/h5-13,16H,2-4,14-15,17H2,1H3,(H,29,33). The second-order valence-corrected chi connectivity index (χ2v) is 9.88. The lowest BCUT2D eigenvalue weighted by Gasteiger charge is -2.27. The molecule has 1 N–H and O–H groups in total. The fraction of sp³-hybridized carbons (Fsp3) is 0.250. The van der Waals surface area contributed by atoms with Gasteiger partial charge in [0.2, 0.25) is 11.8 Å². The summed E-state index contributed by atoms with van der Waals surface area (Å²) in [4.78, 5) is 39.5. The highest BCUT2D eigenvalue weighted by atomic mass is 32.2. The molecule has 0 saturated heterocycles. The number of benzene rings is 3. The molecule has 0 fully saturated rings. The maximum atomic E-state index is 13.0. The van der Waals surface area contributed by atoms with E-state index in [4.69, 9.17) is 4.42 Å². The molecular formula is C28H26N4O4S. The molecule has 4 aromatic rings. The Bertz CT molecular complexity index is 1430. The number of anilines is 1. The van der Waals surface area contributed by atoms with Gasteiger partial charge in [-0.1, -0.05) is 54.6 Å². The van der Waals surface area contributed by atoms with Crippen LogP contribution in [-0.4, -0.2) is 45.1 Å². The first kappa shape index (κ1) is 24.7. The number of amides is 3. The number of hydrogen-bond donors (Lipinski definition) is 1. The van der Waals surface area contributed by atoms with Crippen LogP contribution in [0, 0.1) is 6.92 Å². The summed E-state index contributed by atoms with van der Waals surface area (Å²) in [5, 5.41) is 12.9. The van der Waals surface area contributed by atoms with Gasteiger partial charge in [0.1, 0.15) is 0 Å². The van der Waals surface area contributed by atoms with Gasteiger partial charge in [-0.25, -0.2) is 0 Å². The normalized spacial score (nSPS) is 12.8. The van der Waals surface area contributed by atoms with E-state index in [0.29, 0.717) is 41.6 Å². The van der Waals surface area contributed by atoms with E-state index < -0.39 is 0 Å². The third kappa shape index (κ3) is 5.56. The molecule has 0 bridgehead atoms. The van der Waals surface area contributed by atoms with Crippen molar-refractivity contribution in [1.29, 1.82) is 0 Å². The largest absolute Gasteiger partial charge is 0.416 e. The maximum absolute atomic E-state index is 13.0. The molecular weight excluding hydrogens is 488 g/mol. The summed E-state index contributed by atoms with van der Waals surface area (Å²) in [6.07, 6.45) is 2.85. The summed E-state index contributed by atoms with van der Waals surface area (Å²) < 4.78 is 5.65. The second kappa shape index (κ2) is 11.0. The molecule has 188 valence electrons. The van der Waals surface area contributed by atoms with Crippen molar-refractivity contribution in [2.24, 2.45) is 0 Å². The average molecular weight is 515 g/mol. The van der Waals surface area contributed by atoms with Crippen LogP contribution >= 0.6 is 11.8 Å². The smallest absolute Gasteiger partial charge is 0.277 e. The van der Waals surface area contributed by atoms with E-state index >= 15 is 0 Å². The number of unbranched alkanes of at least 4 members (excludes halogenated alkanes) is 2. The van der Waals surface area contributed by atoms with E-state index in [1.165, 1.54) is 16.7 Å². The fourth-order valence-corrected chi connectivity index (χ4v) is 5.03. The molecule has 0 aliphatic carbocycles. The van der Waals surface area contributed by atoms with Crippen LogP contribution in [0.5, 0.6) is 0 Å². The van der Waals surface area contributed by atoms with Gasteiger partial charge in [-0.3, -0.25) is 19.3 Å². The summed E-state index contributed by atoms with van der Waals surface area (Å²) in [7, 11) is 0. The first-order valence-corrected chi connectivity index (χ1v) is 13.2. The zero-order valence-electron chi connectivity index (χ0n) is 20.4. The van der Waals surface area contributed by atoms with Crippen LogP contribution in [0.2, 0.25) is 0 Å². The second-order valence-electron chi connectivity index (χ2n) is 8.95. The summed E-state index contributed by atoms with van der Waals surface area (Å²) in [6, 6.07) is 18.7. The first-order chi connectivity index (χ1) is 18.0. The highest BCUT2D eigenvalue weighted by molar-refractivity contribution is 7.99. The van der Waals surface area contributed by atoms with E-state index in [9.17, 15) is 14.4 Å². The Balaban J connectivity index is 1.06. The molecule has 0 unspecified atom stereocenters. The molecule has 3 amide bonds. The van der Waals surface area contributed by atoms with E-state index in [0.717, 1.165) is 34.9 Å². The van der Waals surface area contributed by atoms with Crippen LogP contribution in [0.15, 0.2) is 70.3 Å². The number of thioether (sulfide) groups is 1. The zero-order valence-corrected chi connectivity index (χ0v) is 21.2. The molecule has 1 aliphatic rings. The minimum atomic E-state index is -0.237. The Kier molecular flexibility index (Phi) is 7.32. The lowest BCUT2D eigenvalue weighted by atomic mass is 9.94. The van der Waals surface area contributed by atoms with E-state index in [-0.39, 0.29) is 23.5 Å². The summed E-state index contributed by atoms with van der Waals surface area (Å²) in [5.74, 6) is 0.0616. The van der Waals surface area contributed by atoms with Crippen molar-refractivity contribution in [3.63, 3.8) is 0 Å². The summed E-state index contributed by atoms with van der Waals surface area (Å²) in [6.45, 7) is 2.33. The molecule has 3 aromatic carbocycles. The number of hydrogen-bond acceptors (Lipinski definition) is 7. The van der Waals surface area contributed by atoms with Crippen molar-refractivity contribution in [2.75, 3.05) is 17.6 Å². The SMILES string of the molecule is Cc1cccc(NC(=O)CSc2nnc(CCCCCN3C(=O)c4cccc5cccc(c45)C3=O)o2)c1. The summed E-state index contributed by atoms with van der Waals surface area (Å²) in [5.41, 5.74) is 2.99. The molecule has 1 aliphatic heterocycles. The molecule has 0 spiro atoms. The Morgan fingerprint density at radius 1 is 0.946 bits per heavy atom. The van der Waals surface area contributed by atoms with Crippen molar-refractivity contribution in [1.82, 2.24) is 15.1 Å². The minimum Gasteiger partial charge on any atom is -0.416 e. The van der Waals surface area contributed by atoms with E-state index in [2.05, 4.69) is 15.5 Å². The van der Waals surface area contributed by atoms with Gasteiger partial charge in [-0.15, -0.1) is 10.2 Å². The van der Waals surface area contributed by atoms with Crippen LogP contribution in [-0.2, 0) is 11.2 Å². The predicted molar refractivity (Wildman–Crippen MR) is 142 cm³/mol. The van der Waals surface area contributed by atoms with Gasteiger partial charge in [-0.2, -0.15) is 0 Å². The van der Waals surface area contributed by atoms with Gasteiger partial charge >= 0.3 is 0 Å². The number of nitrogens with one attached hydrogen (secondary N) is 1. The van der Waals surface area contributed by atoms with Crippen molar-refractivity contribution < 1.29 is 18.8 Å². The topological polar surface area (TPSA) is 105 Å². The van der Waals surface area contributed by atoms with Crippen molar-refractivity contribution in [3.8, 4) is 0 Å². The van der Waals surface area contributed by atoms with Crippen LogP contribution in [0.3, 0.4) is 0 Å². The van der Waals surface area contributed by atoms with Crippen molar-refractivity contribution in [3.05, 3.63) is 83.2 Å². The van der Waals surface area contributed by atoms with Crippen molar-refractivity contribution >= 4 is 45.9 Å². The number of aromatic nitrogens is 2. The monoisotopic (exact) mass is 514 g/mol. The molecule has 9 heteroatoms. The number of aryl methyl sites for hydroxylation is 2. The van der Waals surface area contributed by atoms with Crippen molar-refractivity contribution in [2.45, 2.75) is 37.8 Å². The third-order valence-corrected chi connectivity index (χ3v) is 7.02. The third-order valence-electron chi connectivity index (χ3n) is 6.21. The minimum absolute atomic E-state index is 0.143. The summed E-state index contributed by atoms with van der Waals surface area (Å²) >= 11 is 1.19. The Morgan fingerprint density at radius 3 is 2.41 bits per heavy atom. The van der Waals surface area contributed by atoms with Gasteiger partial charge in [0, 0.05) is 35.2 Å². The number of rotatable bonds is 10. The average Bonchev–Trinajstić information content (AvgIpc) is 3.35. The fourth-order valence-electron chi connectivity index (χ4n) is 4.45. The molecule has 8 nitrogen and oxygen atoms in total. The molecule has 37 heavy (non-hydrogen) atoms. The molecule has 2 heterocycles. The number of carbonyl (C=O) groups is 3. The highest BCUT2D eigenvalue weighted by Crippen LogP contribution is 2.30. The molecule has 5 rings (SSSR count). The predicted octanol–water partition coefficient (Wildman–Crippen LogP) is 5.27. The Labute approximate surface area is 218 Å². The molecule has 1 aromatic heterocycles. The van der Waals surface area contributed by atoms with Gasteiger partial charge in [0.25, 0.3) is 17.0 Å². The molecule has 0 atom stereocenters. The quantitative estimate of drug-likeness (QED) is 0.175. The lowest BCUT2D eigenvalue weighted by molar-refractivity contribution is -0.113. The molecule has 0 radical (unpaired) electrons. The van der Waals surface area contributed by atoms with Gasteiger partial charge in [0.15, 0.2) is 0 Å². The highest BCUT2D eigenvalue weighted by Gasteiger charge is 2.32. The van der Waals surface area contributed by atoms with Crippen LogP contribution in [0.25, 0.3) is 10.8 Å². The van der Waals surface area contributed by atoms with E-state index in [1.54, 1.807) is 12.1 Å². The number of carbonyl (C=O) groups excluding carboxylic acids is 3. The Hall–Kier alpha value is -3.98. The van der Waals surface area contributed by atoms with Crippen LogP contribution in [0.4, 0.5) is 5.69 Å². The van der Waals surface area contributed by atoms with Crippen LogP contribution in [0.1, 0.15) is 51.4 Å². The van der Waals surface area contributed by atoms with Gasteiger partial charge < -0.3 is 9.73 Å². The Morgan fingerprint density at radius 2 is 1.68 bits per heavy atom. The number of imide groups is 1. The number of nitrogens with zero attached hydrogens (tertiary/aromatic N) is 3. The van der Waals surface area contributed by atoms with Gasteiger partial charge in [-0.05, 0) is 55.0 Å². The zero-order chi connectivity index (χ0) is 25.8. The first-order valence-electron chi connectivity index (χ1n) is 12.2. The van der Waals surface area contributed by atoms with E-state index in [1.807, 2.05) is 55.5 Å². The maximum Gasteiger partial charge on any atom is 0.277 e. The van der Waals surface area contributed by atoms with Gasteiger partial charge in [0.05, 0.1) is 5.75 Å². The lowest BCUT2D eigenvalue weighted by Crippen LogP contribution is -2.40. The van der Waals surface area contributed by atoms with Crippen LogP contribution < -0.4 is 5.32 Å². The molecule has 0 saturated carbocycles.